The maximum absolute atomic E-state index is 11.8. The molecule has 20 heavy (non-hydrogen) atoms. The van der Waals surface area contributed by atoms with Gasteiger partial charge in [0.05, 0.1) is 15.6 Å². The van der Waals surface area contributed by atoms with Gasteiger partial charge in [0.2, 0.25) is 5.76 Å². The van der Waals surface area contributed by atoms with Crippen LogP contribution in [0.1, 0.15) is 16.2 Å². The van der Waals surface area contributed by atoms with E-state index in [4.69, 9.17) is 16.1 Å². The van der Waals surface area contributed by atoms with Crippen LogP contribution in [0.2, 0.25) is 5.02 Å². The fourth-order valence-electron chi connectivity index (χ4n) is 1.53. The van der Waals surface area contributed by atoms with Crippen LogP contribution in [0.4, 0.5) is 5.69 Å². The molecular formula is C12H11ClN2O4S. The van der Waals surface area contributed by atoms with Gasteiger partial charge in [0.1, 0.15) is 0 Å². The molecule has 0 fully saturated rings. The Morgan fingerprint density at radius 3 is 2.60 bits per heavy atom. The molecule has 0 atom stereocenters. The second kappa shape index (κ2) is 5.26. The summed E-state index contributed by atoms with van der Waals surface area (Å²) in [6.07, 6.45) is 1.04. The summed E-state index contributed by atoms with van der Waals surface area (Å²) in [6, 6.07) is 5.67. The molecule has 1 amide bonds. The minimum atomic E-state index is -3.47. The summed E-state index contributed by atoms with van der Waals surface area (Å²) in [5, 5.41) is 6.21. The Balaban J connectivity index is 2.29. The fraction of sp³-hybridized carbons (Fsp3) is 0.167. The molecule has 0 aliphatic carbocycles. The molecule has 0 bridgehead atoms. The van der Waals surface area contributed by atoms with E-state index in [1.165, 1.54) is 24.3 Å². The van der Waals surface area contributed by atoms with Crippen LogP contribution in [0.5, 0.6) is 0 Å². The molecule has 0 aliphatic rings. The van der Waals surface area contributed by atoms with E-state index in [1.54, 1.807) is 6.92 Å². The minimum absolute atomic E-state index is 0.0401. The lowest BCUT2D eigenvalue weighted by molar-refractivity contribution is 0.0988. The summed E-state index contributed by atoms with van der Waals surface area (Å²) >= 11 is 5.82. The Bertz CT molecular complexity index is 768. The largest absolute Gasteiger partial charge is 0.351 e. The summed E-state index contributed by atoms with van der Waals surface area (Å²) < 4.78 is 27.9. The van der Waals surface area contributed by atoms with Crippen molar-refractivity contribution in [2.75, 3.05) is 11.6 Å². The number of rotatable bonds is 3. The molecule has 6 nitrogen and oxygen atoms in total. The minimum Gasteiger partial charge on any atom is -0.351 e. The monoisotopic (exact) mass is 314 g/mol. The maximum Gasteiger partial charge on any atom is 0.294 e. The van der Waals surface area contributed by atoms with Gasteiger partial charge in [-0.25, -0.2) is 8.42 Å². The predicted octanol–water partition coefficient (Wildman–Crippen LogP) is 2.29. The number of hydrogen-bond donors (Lipinski definition) is 1. The van der Waals surface area contributed by atoms with E-state index in [0.717, 1.165) is 6.26 Å². The molecule has 2 aromatic rings. The van der Waals surface area contributed by atoms with Gasteiger partial charge in [-0.3, -0.25) is 4.79 Å². The second-order valence-corrected chi connectivity index (χ2v) is 6.60. The van der Waals surface area contributed by atoms with Crippen LogP contribution in [-0.4, -0.2) is 25.7 Å². The highest BCUT2D eigenvalue weighted by atomic mass is 35.5. The molecule has 0 spiro atoms. The van der Waals surface area contributed by atoms with Crippen LogP contribution in [0.15, 0.2) is 33.7 Å². The van der Waals surface area contributed by atoms with E-state index in [1.807, 2.05) is 0 Å². The Morgan fingerprint density at radius 2 is 2.05 bits per heavy atom. The van der Waals surface area contributed by atoms with Gasteiger partial charge in [-0.15, -0.1) is 0 Å². The molecule has 1 N–H and O–H groups in total. The molecule has 1 aromatic carbocycles. The van der Waals surface area contributed by atoms with Gasteiger partial charge < -0.3 is 9.84 Å². The van der Waals surface area contributed by atoms with Crippen molar-refractivity contribution < 1.29 is 17.7 Å². The number of benzene rings is 1. The Labute approximate surface area is 120 Å². The quantitative estimate of drug-likeness (QED) is 0.938. The molecule has 0 radical (unpaired) electrons. The molecule has 1 aromatic heterocycles. The molecule has 1 heterocycles. The number of amides is 1. The molecule has 0 aliphatic heterocycles. The average molecular weight is 315 g/mol. The van der Waals surface area contributed by atoms with Crippen molar-refractivity contribution in [3.63, 3.8) is 0 Å². The first-order valence-corrected chi connectivity index (χ1v) is 7.78. The van der Waals surface area contributed by atoms with Crippen LogP contribution in [0.25, 0.3) is 0 Å². The van der Waals surface area contributed by atoms with Crippen molar-refractivity contribution in [2.24, 2.45) is 0 Å². The molecule has 0 saturated carbocycles. The first kappa shape index (κ1) is 14.5. The van der Waals surface area contributed by atoms with Crippen molar-refractivity contribution >= 4 is 33.0 Å². The first-order chi connectivity index (χ1) is 9.27. The van der Waals surface area contributed by atoms with Gasteiger partial charge in [0.15, 0.2) is 9.84 Å². The SMILES string of the molecule is Cc1cc(C(=O)Nc2ccc(Cl)c(S(C)(=O)=O)c2)on1. The molecule has 106 valence electrons. The topological polar surface area (TPSA) is 89.3 Å². The standard InChI is InChI=1S/C12H11ClN2O4S/c1-7-5-10(19-15-7)12(16)14-8-3-4-9(13)11(6-8)20(2,17)18/h3-6H,1-2H3,(H,14,16). The lowest BCUT2D eigenvalue weighted by Gasteiger charge is -2.06. The molecule has 0 saturated heterocycles. The van der Waals surface area contributed by atoms with E-state index in [-0.39, 0.29) is 15.7 Å². The van der Waals surface area contributed by atoms with Gasteiger partial charge in [-0.05, 0) is 25.1 Å². The number of aryl methyl sites for hydroxylation is 1. The van der Waals surface area contributed by atoms with Crippen LogP contribution >= 0.6 is 11.6 Å². The van der Waals surface area contributed by atoms with Crippen LogP contribution < -0.4 is 5.32 Å². The number of hydrogen-bond acceptors (Lipinski definition) is 5. The number of sulfone groups is 1. The lowest BCUT2D eigenvalue weighted by atomic mass is 10.3. The highest BCUT2D eigenvalue weighted by Crippen LogP contribution is 2.25. The average Bonchev–Trinajstić information content (AvgIpc) is 2.77. The summed E-state index contributed by atoms with van der Waals surface area (Å²) in [5.74, 6) is -0.481. The Morgan fingerprint density at radius 1 is 1.35 bits per heavy atom. The third-order valence-electron chi connectivity index (χ3n) is 2.44. The van der Waals surface area contributed by atoms with E-state index < -0.39 is 15.7 Å². The highest BCUT2D eigenvalue weighted by molar-refractivity contribution is 7.90. The zero-order chi connectivity index (χ0) is 14.9. The smallest absolute Gasteiger partial charge is 0.294 e. The molecule has 2 rings (SSSR count). The number of carbonyl (C=O) groups excluding carboxylic acids is 1. The summed E-state index contributed by atoms with van der Waals surface area (Å²) in [4.78, 5) is 11.8. The van der Waals surface area contributed by atoms with E-state index in [2.05, 4.69) is 10.5 Å². The fourth-order valence-corrected chi connectivity index (χ4v) is 2.83. The van der Waals surface area contributed by atoms with E-state index in [0.29, 0.717) is 11.4 Å². The molecular weight excluding hydrogens is 304 g/mol. The normalized spacial score (nSPS) is 11.3. The lowest BCUT2D eigenvalue weighted by Crippen LogP contribution is -2.11. The number of halogens is 1. The zero-order valence-corrected chi connectivity index (χ0v) is 12.2. The summed E-state index contributed by atoms with van der Waals surface area (Å²) in [5.41, 5.74) is 0.872. The van der Waals surface area contributed by atoms with Crippen molar-refractivity contribution in [1.29, 1.82) is 0 Å². The summed E-state index contributed by atoms with van der Waals surface area (Å²) in [6.45, 7) is 1.68. The number of carbonyl (C=O) groups is 1. The van der Waals surface area contributed by atoms with Gasteiger partial charge >= 0.3 is 0 Å². The van der Waals surface area contributed by atoms with Crippen LogP contribution in [-0.2, 0) is 9.84 Å². The van der Waals surface area contributed by atoms with Crippen molar-refractivity contribution in [3.8, 4) is 0 Å². The van der Waals surface area contributed by atoms with Crippen molar-refractivity contribution in [2.45, 2.75) is 11.8 Å². The van der Waals surface area contributed by atoms with Gasteiger partial charge in [0, 0.05) is 18.0 Å². The van der Waals surface area contributed by atoms with E-state index in [9.17, 15) is 13.2 Å². The molecule has 8 heteroatoms. The molecule has 0 unspecified atom stereocenters. The predicted molar refractivity (Wildman–Crippen MR) is 73.8 cm³/mol. The van der Waals surface area contributed by atoms with Gasteiger partial charge in [0.25, 0.3) is 5.91 Å². The third kappa shape index (κ3) is 3.17. The van der Waals surface area contributed by atoms with Gasteiger partial charge in [-0.2, -0.15) is 0 Å². The van der Waals surface area contributed by atoms with Crippen molar-refractivity contribution in [3.05, 3.63) is 40.7 Å². The number of nitrogens with one attached hydrogen (secondary N) is 1. The van der Waals surface area contributed by atoms with Crippen LogP contribution in [0.3, 0.4) is 0 Å². The first-order valence-electron chi connectivity index (χ1n) is 5.51. The highest BCUT2D eigenvalue weighted by Gasteiger charge is 2.16. The number of anilines is 1. The summed E-state index contributed by atoms with van der Waals surface area (Å²) in [7, 11) is -3.47. The van der Waals surface area contributed by atoms with Crippen molar-refractivity contribution in [1.82, 2.24) is 5.16 Å². The number of nitrogens with zero attached hydrogens (tertiary/aromatic N) is 1. The maximum atomic E-state index is 11.8. The van der Waals surface area contributed by atoms with E-state index >= 15 is 0 Å². The Kier molecular flexibility index (Phi) is 3.82. The van der Waals surface area contributed by atoms with Crippen LogP contribution in [0, 0.1) is 6.92 Å². The second-order valence-electron chi connectivity index (χ2n) is 4.20. The Hall–Kier alpha value is -1.86. The third-order valence-corrected chi connectivity index (χ3v) is 4.02. The zero-order valence-electron chi connectivity index (χ0n) is 10.7. The number of aromatic nitrogens is 1. The van der Waals surface area contributed by atoms with Gasteiger partial charge in [-0.1, -0.05) is 16.8 Å².